The number of nitrogen functional groups attached to an aromatic ring is 1. The largest absolute Gasteiger partial charge is 0.491 e. The van der Waals surface area contributed by atoms with Crippen LogP contribution in [-0.2, 0) is 14.3 Å². The lowest BCUT2D eigenvalue weighted by Gasteiger charge is -2.24. The number of likely N-dealkylation sites (tertiary alicyclic amines) is 1. The van der Waals surface area contributed by atoms with Gasteiger partial charge in [0.05, 0.1) is 25.5 Å². The standard InChI is InChI=1S/C23H28N4O4/c1-30-21(28)13-18-12-19(27(11-10-24)23(18)29)14-31-20-8-6-16(7-9-20)15-2-4-17(5-3-15)22(25)26/h2-9,18-19H,10-14,24H2,1H3,(H3,25,26)/t18-,19-/m0/s1. The first-order chi connectivity index (χ1) is 14.9. The number of amides is 1. The van der Waals surface area contributed by atoms with E-state index >= 15 is 0 Å². The number of amidine groups is 1. The summed E-state index contributed by atoms with van der Waals surface area (Å²) in [4.78, 5) is 25.9. The number of carbonyl (C=O) groups is 2. The summed E-state index contributed by atoms with van der Waals surface area (Å²) in [6, 6.07) is 15.0. The van der Waals surface area contributed by atoms with Crippen LogP contribution in [0.15, 0.2) is 48.5 Å². The van der Waals surface area contributed by atoms with Crippen LogP contribution in [0.4, 0.5) is 0 Å². The van der Waals surface area contributed by atoms with Gasteiger partial charge < -0.3 is 25.8 Å². The fraction of sp³-hybridized carbons (Fsp3) is 0.348. The molecule has 1 amide bonds. The molecule has 2 aromatic rings. The van der Waals surface area contributed by atoms with Gasteiger partial charge in [0.1, 0.15) is 18.2 Å². The summed E-state index contributed by atoms with van der Waals surface area (Å²) < 4.78 is 10.6. The second-order valence-corrected chi connectivity index (χ2v) is 7.51. The van der Waals surface area contributed by atoms with E-state index < -0.39 is 5.92 Å². The van der Waals surface area contributed by atoms with Crippen LogP contribution in [0.3, 0.4) is 0 Å². The first kappa shape index (κ1) is 22.3. The average Bonchev–Trinajstić information content (AvgIpc) is 3.07. The topological polar surface area (TPSA) is 132 Å². The molecule has 8 nitrogen and oxygen atoms in total. The third-order valence-corrected chi connectivity index (χ3v) is 5.47. The number of nitrogens with zero attached hydrogens (tertiary/aromatic N) is 1. The smallest absolute Gasteiger partial charge is 0.306 e. The zero-order valence-corrected chi connectivity index (χ0v) is 17.5. The second-order valence-electron chi connectivity index (χ2n) is 7.51. The summed E-state index contributed by atoms with van der Waals surface area (Å²) in [6.45, 7) is 1.11. The molecule has 3 rings (SSSR count). The van der Waals surface area contributed by atoms with Crippen LogP contribution in [0.5, 0.6) is 5.75 Å². The quantitative estimate of drug-likeness (QED) is 0.319. The molecule has 31 heavy (non-hydrogen) atoms. The van der Waals surface area contributed by atoms with Crippen molar-refractivity contribution in [3.8, 4) is 16.9 Å². The predicted molar refractivity (Wildman–Crippen MR) is 118 cm³/mol. The SMILES string of the molecule is COC(=O)C[C@@H]1C[C@@H](COc2ccc(-c3ccc(C(=N)N)cc3)cc2)N(CCN)C1=O. The van der Waals surface area contributed by atoms with Gasteiger partial charge in [-0.1, -0.05) is 36.4 Å². The summed E-state index contributed by atoms with van der Waals surface area (Å²) in [5.41, 5.74) is 13.9. The molecule has 1 saturated heterocycles. The molecule has 1 heterocycles. The monoisotopic (exact) mass is 424 g/mol. The zero-order valence-electron chi connectivity index (χ0n) is 17.5. The average molecular weight is 425 g/mol. The number of ether oxygens (including phenoxy) is 2. The maximum Gasteiger partial charge on any atom is 0.306 e. The van der Waals surface area contributed by atoms with Gasteiger partial charge in [0.15, 0.2) is 0 Å². The molecule has 0 radical (unpaired) electrons. The highest BCUT2D eigenvalue weighted by atomic mass is 16.5. The summed E-state index contributed by atoms with van der Waals surface area (Å²) >= 11 is 0. The Kier molecular flexibility index (Phi) is 7.25. The van der Waals surface area contributed by atoms with E-state index in [0.717, 1.165) is 11.1 Å². The van der Waals surface area contributed by atoms with Crippen LogP contribution in [0.1, 0.15) is 18.4 Å². The molecule has 0 unspecified atom stereocenters. The van der Waals surface area contributed by atoms with Gasteiger partial charge >= 0.3 is 5.97 Å². The number of benzene rings is 2. The number of rotatable bonds is 9. The van der Waals surface area contributed by atoms with Crippen molar-refractivity contribution in [2.75, 3.05) is 26.8 Å². The van der Waals surface area contributed by atoms with Crippen LogP contribution in [-0.4, -0.2) is 55.5 Å². The normalized spacial score (nSPS) is 18.1. The highest BCUT2D eigenvalue weighted by molar-refractivity contribution is 5.95. The summed E-state index contributed by atoms with van der Waals surface area (Å²) in [5.74, 6) is -0.125. The third kappa shape index (κ3) is 5.40. The van der Waals surface area contributed by atoms with Gasteiger partial charge in [-0.05, 0) is 29.7 Å². The van der Waals surface area contributed by atoms with E-state index in [1.165, 1.54) is 7.11 Å². The van der Waals surface area contributed by atoms with Gasteiger partial charge in [-0.15, -0.1) is 0 Å². The lowest BCUT2D eigenvalue weighted by Crippen LogP contribution is -2.40. The van der Waals surface area contributed by atoms with Crippen molar-refractivity contribution in [2.24, 2.45) is 17.4 Å². The van der Waals surface area contributed by atoms with Gasteiger partial charge in [0, 0.05) is 18.7 Å². The molecular weight excluding hydrogens is 396 g/mol. The van der Waals surface area contributed by atoms with Gasteiger partial charge in [0.25, 0.3) is 0 Å². The maximum atomic E-state index is 12.6. The molecular formula is C23H28N4O4. The molecule has 0 spiro atoms. The minimum atomic E-state index is -0.395. The zero-order chi connectivity index (χ0) is 22.4. The Bertz CT molecular complexity index is 928. The van der Waals surface area contributed by atoms with Crippen LogP contribution in [0.2, 0.25) is 0 Å². The number of esters is 1. The number of methoxy groups -OCH3 is 1. The molecule has 1 aliphatic heterocycles. The van der Waals surface area contributed by atoms with E-state index in [1.807, 2.05) is 48.5 Å². The molecule has 0 aromatic heterocycles. The summed E-state index contributed by atoms with van der Waals surface area (Å²) in [7, 11) is 1.32. The Labute approximate surface area is 181 Å². The second kappa shape index (κ2) is 10.1. The van der Waals surface area contributed by atoms with Crippen LogP contribution >= 0.6 is 0 Å². The van der Waals surface area contributed by atoms with E-state index in [1.54, 1.807) is 4.90 Å². The molecule has 8 heteroatoms. The summed E-state index contributed by atoms with van der Waals surface area (Å²) in [6.07, 6.45) is 0.610. The van der Waals surface area contributed by atoms with Gasteiger partial charge in [-0.2, -0.15) is 0 Å². The molecule has 0 saturated carbocycles. The van der Waals surface area contributed by atoms with Crippen LogP contribution in [0.25, 0.3) is 11.1 Å². The van der Waals surface area contributed by atoms with E-state index in [0.29, 0.717) is 37.4 Å². The Morgan fingerprint density at radius 3 is 2.29 bits per heavy atom. The minimum absolute atomic E-state index is 0.0400. The Morgan fingerprint density at radius 1 is 1.13 bits per heavy atom. The Hall–Kier alpha value is -3.39. The van der Waals surface area contributed by atoms with E-state index in [4.69, 9.17) is 26.4 Å². The van der Waals surface area contributed by atoms with Gasteiger partial charge in [0.2, 0.25) is 5.91 Å². The van der Waals surface area contributed by atoms with Gasteiger partial charge in [-0.3, -0.25) is 15.0 Å². The summed E-state index contributed by atoms with van der Waals surface area (Å²) in [5, 5.41) is 7.47. The molecule has 1 aliphatic rings. The van der Waals surface area contributed by atoms with Gasteiger partial charge in [-0.25, -0.2) is 0 Å². The molecule has 2 aromatic carbocycles. The minimum Gasteiger partial charge on any atom is -0.491 e. The molecule has 2 atom stereocenters. The first-order valence-electron chi connectivity index (χ1n) is 10.2. The van der Waals surface area contributed by atoms with E-state index in [2.05, 4.69) is 0 Å². The number of hydrogen-bond acceptors (Lipinski definition) is 6. The third-order valence-electron chi connectivity index (χ3n) is 5.47. The Balaban J connectivity index is 1.62. The van der Waals surface area contributed by atoms with Crippen molar-refractivity contribution in [3.63, 3.8) is 0 Å². The van der Waals surface area contributed by atoms with E-state index in [9.17, 15) is 9.59 Å². The number of carbonyl (C=O) groups excluding carboxylic acids is 2. The van der Waals surface area contributed by atoms with Crippen molar-refractivity contribution >= 4 is 17.7 Å². The van der Waals surface area contributed by atoms with Crippen molar-refractivity contribution in [2.45, 2.75) is 18.9 Å². The fourth-order valence-electron chi connectivity index (χ4n) is 3.79. The van der Waals surface area contributed by atoms with Crippen LogP contribution < -0.4 is 16.2 Å². The maximum absolute atomic E-state index is 12.6. The van der Waals surface area contributed by atoms with Crippen molar-refractivity contribution in [1.82, 2.24) is 4.90 Å². The first-order valence-corrected chi connectivity index (χ1v) is 10.2. The molecule has 0 aliphatic carbocycles. The molecule has 1 fully saturated rings. The van der Waals surface area contributed by atoms with Crippen LogP contribution in [0, 0.1) is 11.3 Å². The van der Waals surface area contributed by atoms with Crippen molar-refractivity contribution in [1.29, 1.82) is 5.41 Å². The molecule has 5 N–H and O–H groups in total. The highest BCUT2D eigenvalue weighted by Crippen LogP contribution is 2.29. The lowest BCUT2D eigenvalue weighted by molar-refractivity contribution is -0.144. The number of nitrogens with two attached hydrogens (primary N) is 2. The predicted octanol–water partition coefficient (Wildman–Crippen LogP) is 1.76. The molecule has 0 bridgehead atoms. The fourth-order valence-corrected chi connectivity index (χ4v) is 3.79. The van der Waals surface area contributed by atoms with E-state index in [-0.39, 0.29) is 30.2 Å². The van der Waals surface area contributed by atoms with Crippen molar-refractivity contribution in [3.05, 3.63) is 54.1 Å². The number of hydrogen-bond donors (Lipinski definition) is 3. The number of nitrogens with one attached hydrogen (secondary N) is 1. The molecule has 164 valence electrons. The highest BCUT2D eigenvalue weighted by Gasteiger charge is 2.40. The Morgan fingerprint density at radius 2 is 1.74 bits per heavy atom. The van der Waals surface area contributed by atoms with Crippen molar-refractivity contribution < 1.29 is 19.1 Å². The lowest BCUT2D eigenvalue weighted by atomic mass is 10.0.